The van der Waals surface area contributed by atoms with Crippen molar-refractivity contribution in [2.45, 2.75) is 10.8 Å². The lowest BCUT2D eigenvalue weighted by Crippen LogP contribution is -2.32. The molecule has 0 aromatic heterocycles. The highest BCUT2D eigenvalue weighted by Gasteiger charge is 2.52. The van der Waals surface area contributed by atoms with Crippen LogP contribution >= 0.6 is 0 Å². The van der Waals surface area contributed by atoms with E-state index in [1.165, 1.54) is 0 Å². The molecule has 0 saturated carbocycles. The van der Waals surface area contributed by atoms with Gasteiger partial charge in [0.1, 0.15) is 11.5 Å². The smallest absolute Gasteiger partial charge is 0.132 e. The Labute approximate surface area is 363 Å². The van der Waals surface area contributed by atoms with Gasteiger partial charge in [0.25, 0.3) is 0 Å². The summed E-state index contributed by atoms with van der Waals surface area (Å²) in [5.41, 5.74) is -17.6. The van der Waals surface area contributed by atoms with Gasteiger partial charge in [0.05, 0.1) is 53.3 Å². The monoisotopic (exact) mass is 727 g/mol. The van der Waals surface area contributed by atoms with E-state index in [1.807, 2.05) is 0 Å². The molecule has 254 valence electrons. The van der Waals surface area contributed by atoms with Crippen LogP contribution in [-0.2, 0) is 10.8 Å². The molecule has 4 aliphatic rings. The van der Waals surface area contributed by atoms with Gasteiger partial charge in [-0.1, -0.05) is 169 Å². The zero-order chi connectivity index (χ0) is 62.9. The van der Waals surface area contributed by atoms with Crippen LogP contribution in [0.3, 0.4) is 0 Å². The molecule has 0 amide bonds. The van der Waals surface area contributed by atoms with E-state index in [9.17, 15) is 26.0 Å². The van der Waals surface area contributed by atoms with Crippen LogP contribution in [0.5, 0.6) is 11.5 Å². The molecule has 1 heterocycles. The van der Waals surface area contributed by atoms with Crippen LogP contribution in [0.1, 0.15) is 87.0 Å². The lowest BCUT2D eigenvalue weighted by molar-refractivity contribution is 0.436. The van der Waals surface area contributed by atoms with Gasteiger partial charge >= 0.3 is 0 Å². The lowest BCUT2D eigenvalue weighted by atomic mass is 9.61. The van der Waals surface area contributed by atoms with Crippen LogP contribution in [-0.4, -0.2) is 0 Å². The van der Waals surface area contributed by atoms with E-state index in [0.717, 1.165) is 6.07 Å². The number of benzene rings is 9. The first-order valence-corrected chi connectivity index (χ1v) is 16.7. The van der Waals surface area contributed by atoms with Crippen LogP contribution in [0, 0.1) is 0 Å². The van der Waals surface area contributed by atoms with Gasteiger partial charge in [-0.25, -0.2) is 0 Å². The fourth-order valence-electron chi connectivity index (χ4n) is 8.76. The molecule has 2 spiro atoms. The fraction of sp³-hybridized carbons (Fsp3) is 0.0370. The predicted octanol–water partition coefficient (Wildman–Crippen LogP) is 13.3. The molecule has 0 N–H and O–H groups in total. The third-order valence-electron chi connectivity index (χ3n) is 10.8. The van der Waals surface area contributed by atoms with Crippen molar-refractivity contribution in [3.05, 3.63) is 238 Å². The molecule has 55 heavy (non-hydrogen) atoms. The summed E-state index contributed by atoms with van der Waals surface area (Å²) in [4.78, 5) is 0. The maximum atomic E-state index is 10.7. The van der Waals surface area contributed by atoms with Gasteiger partial charge < -0.3 is 4.74 Å². The minimum Gasteiger partial charge on any atom is -0.457 e. The Bertz CT molecular complexity index is 4860. The molecule has 1 nitrogen and oxygen atoms in total. The van der Waals surface area contributed by atoms with Crippen LogP contribution in [0.15, 0.2) is 193 Å². The van der Waals surface area contributed by atoms with Gasteiger partial charge in [-0.3, -0.25) is 0 Å². The van der Waals surface area contributed by atoms with Crippen molar-refractivity contribution in [3.8, 4) is 56.0 Å². The van der Waals surface area contributed by atoms with Crippen LogP contribution < -0.4 is 4.74 Å². The first-order valence-electron chi connectivity index (χ1n) is 32.2. The third-order valence-corrected chi connectivity index (χ3v) is 10.8. The summed E-state index contributed by atoms with van der Waals surface area (Å²) in [7, 11) is 0. The quantitative estimate of drug-likeness (QED) is 0.164. The van der Waals surface area contributed by atoms with Crippen LogP contribution in [0.25, 0.3) is 55.3 Å². The van der Waals surface area contributed by atoms with Gasteiger partial charge in [0.15, 0.2) is 0 Å². The van der Waals surface area contributed by atoms with Crippen molar-refractivity contribution < 1.29 is 47.2 Å². The van der Waals surface area contributed by atoms with Gasteiger partial charge in [-0.2, -0.15) is 0 Å². The van der Waals surface area contributed by atoms with Crippen molar-refractivity contribution in [3.63, 3.8) is 0 Å². The van der Waals surface area contributed by atoms with Crippen LogP contribution in [0.2, 0.25) is 0 Å². The molecule has 1 aliphatic heterocycles. The molecule has 1 heteroatoms. The van der Waals surface area contributed by atoms with Gasteiger partial charge in [-0.05, 0) is 113 Å². The number of fused-ring (bicyclic) bond motifs is 18. The zero-order valence-corrected chi connectivity index (χ0v) is 27.5. The van der Waals surface area contributed by atoms with Crippen molar-refractivity contribution in [2.75, 3.05) is 0 Å². The van der Waals surface area contributed by atoms with E-state index >= 15 is 0 Å². The molecular formula is C54H32O. The molecule has 9 aromatic carbocycles. The fourth-order valence-corrected chi connectivity index (χ4v) is 8.76. The number of para-hydroxylation sites is 1. The Morgan fingerprint density at radius 1 is 0.327 bits per heavy atom. The second kappa shape index (κ2) is 10.4. The zero-order valence-electron chi connectivity index (χ0n) is 58.5. The average Bonchev–Trinajstić information content (AvgIpc) is 1.37. The average molecular weight is 728 g/mol. The molecular weight excluding hydrogens is 665 g/mol. The summed E-state index contributed by atoms with van der Waals surface area (Å²) < 4.78 is 298. The molecule has 0 saturated heterocycles. The molecule has 0 fully saturated rings. The molecule has 1 unspecified atom stereocenters. The van der Waals surface area contributed by atoms with Crippen molar-refractivity contribution in [1.29, 1.82) is 0 Å². The number of ether oxygens (including phenoxy) is 1. The van der Waals surface area contributed by atoms with E-state index in [4.69, 9.17) is 21.2 Å². The first kappa shape index (κ1) is 12.8. The summed E-state index contributed by atoms with van der Waals surface area (Å²) >= 11 is 0. The van der Waals surface area contributed by atoms with Crippen molar-refractivity contribution in [2.24, 2.45) is 0 Å². The van der Waals surface area contributed by atoms with Crippen molar-refractivity contribution >= 4 is 10.8 Å². The summed E-state index contributed by atoms with van der Waals surface area (Å²) in [6.45, 7) is 0. The third kappa shape index (κ3) is 3.46. The largest absolute Gasteiger partial charge is 0.457 e. The standard InChI is InChI=1S/C54H32O/c1-5-20-42-36(15-1)37-16-2-6-21-43(37)53(42)46-24-9-10-26-50(46)55-51-30-28-35(32-49(51)53)34-27-29-40-38-17-3-7-22-44(38)54(48(40)31-34)45-23-8-4-18-39(45)41-19-11-13-33-14-12-25-47(54)52(33)41/h1-32H/i1D,2D,3D,4D,5D,6D,7D,8D,9D,10D,11D,12D,13D,14D,15D,16D,17D,18D,19D,20D,21D,22D,23D,24D,26D,27D,28D,29D,30D,31D,32D. The topological polar surface area (TPSA) is 9.23 Å². The van der Waals surface area contributed by atoms with Crippen molar-refractivity contribution in [1.82, 2.24) is 0 Å². The van der Waals surface area contributed by atoms with E-state index < -0.39 is 309 Å². The highest BCUT2D eigenvalue weighted by Crippen LogP contribution is 2.64. The Morgan fingerprint density at radius 2 is 0.782 bits per heavy atom. The first-order chi connectivity index (χ1) is 40.2. The molecule has 1 atom stereocenters. The molecule has 0 radical (unpaired) electrons. The van der Waals surface area contributed by atoms with E-state index in [0.29, 0.717) is 0 Å². The lowest BCUT2D eigenvalue weighted by Gasteiger charge is -2.40. The highest BCUT2D eigenvalue weighted by atomic mass is 16.5. The number of hydrogen-bond donors (Lipinski definition) is 0. The summed E-state index contributed by atoms with van der Waals surface area (Å²) in [5.74, 6) is -1.84. The molecule has 3 aliphatic carbocycles. The predicted molar refractivity (Wildman–Crippen MR) is 223 cm³/mol. The minimum absolute atomic E-state index is 0.428. The number of hydrogen-bond acceptors (Lipinski definition) is 1. The molecule has 0 bridgehead atoms. The second-order valence-corrected chi connectivity index (χ2v) is 13.1. The summed E-state index contributed by atoms with van der Waals surface area (Å²) in [6.07, 6.45) is 0. The summed E-state index contributed by atoms with van der Waals surface area (Å²) in [5, 5.41) is -0.985. The second-order valence-electron chi connectivity index (χ2n) is 13.1. The van der Waals surface area contributed by atoms with Gasteiger partial charge in [0, 0.05) is 11.1 Å². The summed E-state index contributed by atoms with van der Waals surface area (Å²) in [6, 6.07) is -29.6. The Balaban J connectivity index is 1.31. The normalized spacial score (nSPS) is 24.6. The Morgan fingerprint density at radius 3 is 1.44 bits per heavy atom. The molecule has 13 rings (SSSR count). The van der Waals surface area contributed by atoms with E-state index in [1.54, 1.807) is 0 Å². The maximum absolute atomic E-state index is 10.7. The maximum Gasteiger partial charge on any atom is 0.132 e. The number of rotatable bonds is 1. The van der Waals surface area contributed by atoms with E-state index in [-0.39, 0.29) is 0 Å². The van der Waals surface area contributed by atoms with Gasteiger partial charge in [0.2, 0.25) is 0 Å². The Hall–Kier alpha value is -6.96. The van der Waals surface area contributed by atoms with Crippen LogP contribution in [0.4, 0.5) is 0 Å². The van der Waals surface area contributed by atoms with E-state index in [2.05, 4.69) is 0 Å². The Kier molecular flexibility index (Phi) is 2.42. The minimum atomic E-state index is -3.05. The SMILES string of the molecule is [2H]c1cc2c3c(c([2H])c([2H])c([2H])c3c1[2H])-c1c([2H])c([2H])c([2H])c([2H])c1C21c2c([2H])c([2H])c([2H])c([2H])c2-c2c([2H])c([2H])c(-c3c([2H])c([2H])c4c(c3[2H])C3(c5c([2H])c([2H])c([2H])c([2H])c5O4)c4c([2H])c([2H])c([2H])c([2H])c4-c4c([2H])c([2H])c([2H])c([2H])c43)c([2H])c21. The van der Waals surface area contributed by atoms with Gasteiger partial charge in [-0.15, -0.1) is 0 Å². The molecule has 9 aromatic rings. The highest BCUT2D eigenvalue weighted by molar-refractivity contribution is 6.07.